The van der Waals surface area contributed by atoms with E-state index in [0.717, 1.165) is 16.5 Å². The van der Waals surface area contributed by atoms with Crippen molar-refractivity contribution in [1.29, 1.82) is 0 Å². The fourth-order valence-corrected chi connectivity index (χ4v) is 2.68. The maximum absolute atomic E-state index is 5.60. The van der Waals surface area contributed by atoms with Gasteiger partial charge in [-0.2, -0.15) is 0 Å². The molecule has 7 heteroatoms. The van der Waals surface area contributed by atoms with Gasteiger partial charge in [0.1, 0.15) is 6.61 Å². The minimum atomic E-state index is 0.453. The highest BCUT2D eigenvalue weighted by atomic mass is 76.9. The van der Waals surface area contributed by atoms with Crippen molar-refractivity contribution in [3.05, 3.63) is 53.7 Å². The maximum Gasteiger partial charge on any atom is 0.213 e. The van der Waals surface area contributed by atoms with Crippen molar-refractivity contribution in [2.24, 2.45) is 0 Å². The predicted octanol–water partition coefficient (Wildman–Crippen LogP) is 4.14. The van der Waals surface area contributed by atoms with Crippen LogP contribution in [-0.4, -0.2) is 70.7 Å². The van der Waals surface area contributed by atoms with Gasteiger partial charge in [-0.25, -0.2) is 4.98 Å². The van der Waals surface area contributed by atoms with E-state index in [-0.39, 0.29) is 0 Å². The number of anilines is 1. The van der Waals surface area contributed by atoms with Crippen molar-refractivity contribution in [1.82, 2.24) is 4.98 Å². The van der Waals surface area contributed by atoms with E-state index in [1.165, 1.54) is 5.69 Å². The third-order valence-corrected chi connectivity index (χ3v) is 4.40. The van der Waals surface area contributed by atoms with Gasteiger partial charge in [-0.15, -0.1) is 0 Å². The SMILES string of the molecule is CN(C)c1ccc(/C=C/c2ccc(OCCOCCOCCOCC[77Br])nc2)cc1. The number of pyridine rings is 1. The highest BCUT2D eigenvalue weighted by molar-refractivity contribution is 9.09. The van der Waals surface area contributed by atoms with E-state index in [1.807, 2.05) is 32.3 Å². The summed E-state index contributed by atoms with van der Waals surface area (Å²) in [6, 6.07) is 12.2. The molecule has 0 unspecified atom stereocenters. The van der Waals surface area contributed by atoms with E-state index >= 15 is 0 Å². The fourth-order valence-electron chi connectivity index (χ4n) is 2.45. The second-order valence-electron chi connectivity index (χ2n) is 6.62. The molecule has 2 aromatic rings. The first-order chi connectivity index (χ1) is 14.7. The van der Waals surface area contributed by atoms with E-state index < -0.39 is 0 Å². The number of benzene rings is 1. The smallest absolute Gasteiger partial charge is 0.213 e. The van der Waals surface area contributed by atoms with Gasteiger partial charge < -0.3 is 23.8 Å². The number of hydrogen-bond donors (Lipinski definition) is 0. The van der Waals surface area contributed by atoms with Gasteiger partial charge in [0.15, 0.2) is 0 Å². The Morgan fingerprint density at radius 1 is 0.767 bits per heavy atom. The number of nitrogens with zero attached hydrogens (tertiary/aromatic N) is 2. The van der Waals surface area contributed by atoms with E-state index in [2.05, 4.69) is 56.2 Å². The Hall–Kier alpha value is -1.93. The third-order valence-electron chi connectivity index (χ3n) is 4.08. The molecule has 0 aliphatic heterocycles. The number of halogens is 1. The fraction of sp³-hybridized carbons (Fsp3) is 0.435. The van der Waals surface area contributed by atoms with Gasteiger partial charge in [0.2, 0.25) is 5.88 Å². The van der Waals surface area contributed by atoms with Crippen molar-refractivity contribution in [2.45, 2.75) is 0 Å². The summed E-state index contributed by atoms with van der Waals surface area (Å²) < 4.78 is 21.8. The third kappa shape index (κ3) is 10.2. The lowest BCUT2D eigenvalue weighted by molar-refractivity contribution is 0.0116. The molecule has 0 amide bonds. The zero-order valence-electron chi connectivity index (χ0n) is 17.8. The Bertz CT molecular complexity index is 721. The molecule has 0 N–H and O–H groups in total. The van der Waals surface area contributed by atoms with Gasteiger partial charge in [-0.1, -0.05) is 40.2 Å². The lowest BCUT2D eigenvalue weighted by Gasteiger charge is -2.11. The van der Waals surface area contributed by atoms with Crippen molar-refractivity contribution in [3.8, 4) is 5.88 Å². The molecule has 6 nitrogen and oxygen atoms in total. The molecule has 0 fully saturated rings. The van der Waals surface area contributed by atoms with Crippen LogP contribution in [0.3, 0.4) is 0 Å². The van der Waals surface area contributed by atoms with Gasteiger partial charge in [0.25, 0.3) is 0 Å². The largest absolute Gasteiger partial charge is 0.475 e. The molecule has 0 atom stereocenters. The Kier molecular flexibility index (Phi) is 12.1. The first kappa shape index (κ1) is 24.3. The Morgan fingerprint density at radius 3 is 1.90 bits per heavy atom. The van der Waals surface area contributed by atoms with Crippen LogP contribution in [0.15, 0.2) is 42.6 Å². The standard InChI is InChI=1S/C23H31BrN2O4/c1-26(2)22-8-5-20(6-9-22)3-4-21-7-10-23(25-19-21)30-18-17-29-16-15-28-14-13-27-12-11-24/h3-10,19H,11-18H2,1-2H3/b4-3+/i24-3. The van der Waals surface area contributed by atoms with Crippen LogP contribution in [0.25, 0.3) is 12.2 Å². The second kappa shape index (κ2) is 15.0. The molecular weight excluding hydrogens is 445 g/mol. The predicted molar refractivity (Wildman–Crippen MR) is 126 cm³/mol. The Morgan fingerprint density at radius 2 is 1.33 bits per heavy atom. The molecule has 164 valence electrons. The summed E-state index contributed by atoms with van der Waals surface area (Å²) in [4.78, 5) is 6.42. The average Bonchev–Trinajstić information content (AvgIpc) is 2.77. The summed E-state index contributed by atoms with van der Waals surface area (Å²) in [5, 5.41) is 0.843. The van der Waals surface area contributed by atoms with Crippen molar-refractivity contribution < 1.29 is 18.9 Å². The minimum Gasteiger partial charge on any atom is -0.475 e. The maximum atomic E-state index is 5.60. The normalized spacial score (nSPS) is 11.2. The van der Waals surface area contributed by atoms with E-state index in [9.17, 15) is 0 Å². The summed E-state index contributed by atoms with van der Waals surface area (Å²) in [6.07, 6.45) is 5.91. The zero-order valence-corrected chi connectivity index (χ0v) is 19.3. The van der Waals surface area contributed by atoms with E-state index in [4.69, 9.17) is 18.9 Å². The number of rotatable bonds is 15. The van der Waals surface area contributed by atoms with Gasteiger partial charge >= 0.3 is 0 Å². The lowest BCUT2D eigenvalue weighted by atomic mass is 10.1. The number of hydrogen-bond acceptors (Lipinski definition) is 6. The molecule has 0 bridgehead atoms. The van der Waals surface area contributed by atoms with E-state index in [1.54, 1.807) is 6.20 Å². The summed E-state index contributed by atoms with van der Waals surface area (Å²) in [6.45, 7) is 3.93. The number of alkyl halides is 1. The Labute approximate surface area is 187 Å². The zero-order chi connectivity index (χ0) is 21.4. The molecule has 1 heterocycles. The number of aromatic nitrogens is 1. The molecule has 1 aromatic carbocycles. The van der Waals surface area contributed by atoms with Crippen molar-refractivity contribution in [2.75, 3.05) is 70.6 Å². The first-order valence-electron chi connectivity index (χ1n) is 10.0. The van der Waals surface area contributed by atoms with Gasteiger partial charge in [0, 0.05) is 37.4 Å². The highest BCUT2D eigenvalue weighted by Gasteiger charge is 1.97. The summed E-state index contributed by atoms with van der Waals surface area (Å²) in [5.74, 6) is 0.589. The quantitative estimate of drug-likeness (QED) is 0.285. The molecule has 0 saturated carbocycles. The summed E-state index contributed by atoms with van der Waals surface area (Å²) in [7, 11) is 4.07. The molecule has 1 aromatic heterocycles. The molecule has 0 radical (unpaired) electrons. The molecule has 0 saturated heterocycles. The van der Waals surface area contributed by atoms with Gasteiger partial charge in [-0.05, 0) is 29.3 Å². The minimum absolute atomic E-state index is 0.453. The molecule has 2 rings (SSSR count). The number of ether oxygens (including phenoxy) is 4. The highest BCUT2D eigenvalue weighted by Crippen LogP contribution is 2.15. The van der Waals surface area contributed by atoms with Crippen LogP contribution in [0.1, 0.15) is 11.1 Å². The molecule has 30 heavy (non-hydrogen) atoms. The average molecular weight is 476 g/mol. The molecule has 0 aliphatic rings. The Balaban J connectivity index is 1.58. The van der Waals surface area contributed by atoms with Crippen molar-refractivity contribution in [3.63, 3.8) is 0 Å². The van der Waals surface area contributed by atoms with E-state index in [0.29, 0.717) is 52.1 Å². The lowest BCUT2D eigenvalue weighted by Crippen LogP contribution is -2.13. The van der Waals surface area contributed by atoms with Crippen LogP contribution in [0.4, 0.5) is 5.69 Å². The van der Waals surface area contributed by atoms with Gasteiger partial charge in [0.05, 0.1) is 39.6 Å². The van der Waals surface area contributed by atoms with Crippen LogP contribution in [0.5, 0.6) is 5.88 Å². The molecular formula is C23H31BrN2O4. The van der Waals surface area contributed by atoms with Crippen molar-refractivity contribution >= 4 is 33.8 Å². The topological polar surface area (TPSA) is 53.1 Å². The second-order valence-corrected chi connectivity index (χ2v) is 7.42. The van der Waals surface area contributed by atoms with Crippen LogP contribution in [-0.2, 0) is 14.2 Å². The van der Waals surface area contributed by atoms with Crippen LogP contribution >= 0.6 is 15.9 Å². The monoisotopic (exact) mass is 476 g/mol. The van der Waals surface area contributed by atoms with Crippen LogP contribution < -0.4 is 9.64 Å². The molecule has 0 spiro atoms. The molecule has 0 aliphatic carbocycles. The van der Waals surface area contributed by atoms with Crippen LogP contribution in [0, 0.1) is 0 Å². The first-order valence-corrected chi connectivity index (χ1v) is 11.1. The van der Waals surface area contributed by atoms with Crippen LogP contribution in [0.2, 0.25) is 0 Å². The summed E-state index contributed by atoms with van der Waals surface area (Å²) in [5.41, 5.74) is 3.35. The van der Waals surface area contributed by atoms with Gasteiger partial charge in [-0.3, -0.25) is 0 Å². The summed E-state index contributed by atoms with van der Waals surface area (Å²) >= 11 is 3.30.